The summed E-state index contributed by atoms with van der Waals surface area (Å²) >= 11 is -1.27. The molecule has 1 N–H and O–H groups in total. The van der Waals surface area contributed by atoms with Gasteiger partial charge >= 0.3 is 5.16 Å². The van der Waals surface area contributed by atoms with Gasteiger partial charge in [-0.2, -0.15) is 4.98 Å². The second-order valence-corrected chi connectivity index (χ2v) is 7.81. The molecule has 1 unspecified atom stereocenters. The van der Waals surface area contributed by atoms with Gasteiger partial charge in [0.15, 0.2) is 0 Å². The van der Waals surface area contributed by atoms with Crippen LogP contribution in [0, 0.1) is 5.82 Å². The monoisotopic (exact) mass is 406 g/mol. The molecule has 0 aliphatic carbocycles. The molecule has 2 aromatic carbocycles. The van der Waals surface area contributed by atoms with Crippen LogP contribution in [0.5, 0.6) is 0 Å². The number of para-hydroxylation sites is 1. The Morgan fingerprint density at radius 1 is 1.00 bits per heavy atom. The van der Waals surface area contributed by atoms with Crippen LogP contribution >= 0.6 is 0 Å². The van der Waals surface area contributed by atoms with E-state index in [1.165, 1.54) is 12.1 Å². The lowest BCUT2D eigenvalue weighted by Gasteiger charge is -2.10. The van der Waals surface area contributed by atoms with Gasteiger partial charge in [0.2, 0.25) is 0 Å². The molecular formula is C22H19FN4OS. The minimum absolute atomic E-state index is 0.316. The first kappa shape index (κ1) is 19.2. The van der Waals surface area contributed by atoms with Crippen LogP contribution in [0.2, 0.25) is 0 Å². The quantitative estimate of drug-likeness (QED) is 0.485. The maximum absolute atomic E-state index is 13.4. The number of rotatable bonds is 5. The Balaban J connectivity index is 1.81. The van der Waals surface area contributed by atoms with Crippen LogP contribution in [0.3, 0.4) is 0 Å². The van der Waals surface area contributed by atoms with Crippen molar-refractivity contribution in [2.24, 2.45) is 7.05 Å². The summed E-state index contributed by atoms with van der Waals surface area (Å²) in [7, 11) is 1.83. The highest BCUT2D eigenvalue weighted by Crippen LogP contribution is 2.34. The lowest BCUT2D eigenvalue weighted by Crippen LogP contribution is -2.06. The van der Waals surface area contributed by atoms with Gasteiger partial charge in [-0.1, -0.05) is 18.2 Å². The number of hydrogen-bond donors (Lipinski definition) is 1. The van der Waals surface area contributed by atoms with Gasteiger partial charge in [0, 0.05) is 41.2 Å². The van der Waals surface area contributed by atoms with Crippen LogP contribution < -0.4 is 5.32 Å². The van der Waals surface area contributed by atoms with Crippen LogP contribution in [-0.2, 0) is 18.2 Å². The number of anilines is 2. The van der Waals surface area contributed by atoms with Gasteiger partial charge < -0.3 is 9.87 Å². The number of benzene rings is 2. The van der Waals surface area contributed by atoms with Crippen LogP contribution in [0.1, 0.15) is 0 Å². The molecule has 0 saturated heterocycles. The van der Waals surface area contributed by atoms with E-state index in [4.69, 9.17) is 0 Å². The summed E-state index contributed by atoms with van der Waals surface area (Å²) in [4.78, 5) is 8.99. The summed E-state index contributed by atoms with van der Waals surface area (Å²) in [5, 5.41) is 3.73. The predicted molar refractivity (Wildman–Crippen MR) is 114 cm³/mol. The van der Waals surface area contributed by atoms with Gasteiger partial charge in [-0.25, -0.2) is 9.37 Å². The lowest BCUT2D eigenvalue weighted by molar-refractivity contribution is 0.584. The smallest absolute Gasteiger partial charge is 0.323 e. The Bertz CT molecular complexity index is 1130. The molecule has 5 nitrogen and oxygen atoms in total. The first-order valence-corrected chi connectivity index (χ1v) is 10.5. The average molecular weight is 406 g/mol. The van der Waals surface area contributed by atoms with E-state index in [0.717, 1.165) is 22.5 Å². The fourth-order valence-corrected chi connectivity index (χ4v) is 3.89. The fraction of sp³-hybridized carbons (Fsp3) is 0.0909. The predicted octanol–water partition coefficient (Wildman–Crippen LogP) is 4.77. The van der Waals surface area contributed by atoms with Crippen molar-refractivity contribution in [3.8, 4) is 22.5 Å². The van der Waals surface area contributed by atoms with Crippen molar-refractivity contribution in [1.82, 2.24) is 14.5 Å². The molecule has 4 aromatic rings. The van der Waals surface area contributed by atoms with Crippen molar-refractivity contribution < 1.29 is 8.94 Å². The van der Waals surface area contributed by atoms with Gasteiger partial charge in [0.1, 0.15) is 23.6 Å². The van der Waals surface area contributed by atoms with E-state index in [1.807, 2.05) is 54.1 Å². The first-order valence-electron chi connectivity index (χ1n) is 8.97. The van der Waals surface area contributed by atoms with Crippen molar-refractivity contribution in [3.05, 3.63) is 78.7 Å². The third kappa shape index (κ3) is 4.01. The summed E-state index contributed by atoms with van der Waals surface area (Å²) in [5.74, 6) is 0.364. The average Bonchev–Trinajstić information content (AvgIpc) is 3.07. The molecule has 146 valence electrons. The van der Waals surface area contributed by atoms with Crippen LogP contribution in [0.25, 0.3) is 22.5 Å². The molecule has 0 fully saturated rings. The summed E-state index contributed by atoms with van der Waals surface area (Å²) in [6.45, 7) is 0. The maximum Gasteiger partial charge on any atom is 0.323 e. The van der Waals surface area contributed by atoms with E-state index in [1.54, 1.807) is 24.6 Å². The summed E-state index contributed by atoms with van der Waals surface area (Å²) in [6.07, 6.45) is 3.31. The molecule has 1 atom stereocenters. The molecule has 0 saturated carbocycles. The molecule has 7 heteroatoms. The molecule has 29 heavy (non-hydrogen) atoms. The maximum atomic E-state index is 13.4. The van der Waals surface area contributed by atoms with Crippen molar-refractivity contribution in [1.29, 1.82) is 0 Å². The molecule has 2 aromatic heterocycles. The van der Waals surface area contributed by atoms with E-state index >= 15 is 0 Å². The number of pyridine rings is 1. The molecule has 2 heterocycles. The third-order valence-corrected chi connectivity index (χ3v) is 5.39. The topological polar surface area (TPSA) is 65.8 Å². The standard InChI is InChI=1S/C22H19FN4OS/c1-27-21(16-12-13-24-19(14-16)25-18-6-4-3-5-7-18)20(26-22(27)29(2)28)15-8-10-17(23)11-9-15/h3-14H,1-2H3,(H,24,25). The molecule has 0 radical (unpaired) electrons. The van der Waals surface area contributed by atoms with Crippen molar-refractivity contribution >= 4 is 22.7 Å². The number of nitrogens with zero attached hydrogens (tertiary/aromatic N) is 3. The highest BCUT2D eigenvalue weighted by atomic mass is 32.2. The minimum atomic E-state index is -1.27. The molecule has 0 spiro atoms. The second kappa shape index (κ2) is 8.06. The third-order valence-electron chi connectivity index (χ3n) is 4.51. The van der Waals surface area contributed by atoms with Gasteiger partial charge in [0.05, 0.1) is 5.69 Å². The highest BCUT2D eigenvalue weighted by molar-refractivity contribution is 7.90. The van der Waals surface area contributed by atoms with Gasteiger partial charge in [0.25, 0.3) is 0 Å². The molecule has 0 aliphatic rings. The number of halogens is 1. The second-order valence-electron chi connectivity index (χ2n) is 6.53. The molecule has 4 rings (SSSR count). The van der Waals surface area contributed by atoms with Gasteiger partial charge in [-0.05, 0) is 48.5 Å². The Hall–Kier alpha value is -3.16. The zero-order chi connectivity index (χ0) is 20.4. The van der Waals surface area contributed by atoms with Crippen LogP contribution in [0.15, 0.2) is 78.1 Å². The Morgan fingerprint density at radius 2 is 1.72 bits per heavy atom. The van der Waals surface area contributed by atoms with E-state index in [9.17, 15) is 8.94 Å². The molecule has 0 bridgehead atoms. The van der Waals surface area contributed by atoms with Gasteiger partial charge in [-0.3, -0.25) is 4.57 Å². The lowest BCUT2D eigenvalue weighted by atomic mass is 10.1. The largest absolute Gasteiger partial charge is 0.609 e. The first-order chi connectivity index (χ1) is 14.0. The Labute approximate surface area is 171 Å². The zero-order valence-electron chi connectivity index (χ0n) is 16.0. The Morgan fingerprint density at radius 3 is 2.41 bits per heavy atom. The zero-order valence-corrected chi connectivity index (χ0v) is 16.8. The number of nitrogens with one attached hydrogen (secondary N) is 1. The Kier molecular flexibility index (Phi) is 5.33. The summed E-state index contributed by atoms with van der Waals surface area (Å²) < 4.78 is 27.4. The van der Waals surface area contributed by atoms with Crippen molar-refractivity contribution in [3.63, 3.8) is 0 Å². The van der Waals surface area contributed by atoms with E-state index in [2.05, 4.69) is 15.3 Å². The number of imidazole rings is 1. The van der Waals surface area contributed by atoms with Crippen LogP contribution in [-0.4, -0.2) is 25.3 Å². The SMILES string of the molecule is Cn1c([S+](C)[O-])nc(-c2ccc(F)cc2)c1-c1ccnc(Nc2ccccc2)c1. The van der Waals surface area contributed by atoms with Crippen molar-refractivity contribution in [2.75, 3.05) is 11.6 Å². The normalized spacial score (nSPS) is 12.0. The highest BCUT2D eigenvalue weighted by Gasteiger charge is 2.23. The van der Waals surface area contributed by atoms with Crippen molar-refractivity contribution in [2.45, 2.75) is 5.16 Å². The van der Waals surface area contributed by atoms with E-state index in [-0.39, 0.29) is 5.82 Å². The van der Waals surface area contributed by atoms with E-state index in [0.29, 0.717) is 16.7 Å². The summed E-state index contributed by atoms with van der Waals surface area (Å²) in [5.41, 5.74) is 3.98. The van der Waals surface area contributed by atoms with Crippen LogP contribution in [0.4, 0.5) is 15.9 Å². The molecular weight excluding hydrogens is 387 g/mol. The molecule has 0 amide bonds. The van der Waals surface area contributed by atoms with E-state index < -0.39 is 11.2 Å². The number of hydrogen-bond acceptors (Lipinski definition) is 4. The summed E-state index contributed by atoms with van der Waals surface area (Å²) in [6, 6.07) is 19.7. The van der Waals surface area contributed by atoms with Gasteiger partial charge in [-0.15, -0.1) is 0 Å². The number of aromatic nitrogens is 3. The minimum Gasteiger partial charge on any atom is -0.609 e. The molecule has 0 aliphatic heterocycles. The fourth-order valence-electron chi connectivity index (χ4n) is 3.19.